The molecule has 10 nitrogen and oxygen atoms in total. The Morgan fingerprint density at radius 3 is 2.79 bits per heavy atom. The third-order valence-electron chi connectivity index (χ3n) is 7.68. The molecule has 0 bridgehead atoms. The molecule has 1 aromatic carbocycles. The summed E-state index contributed by atoms with van der Waals surface area (Å²) >= 11 is 0. The van der Waals surface area contributed by atoms with Gasteiger partial charge in [0.1, 0.15) is 17.7 Å². The predicted octanol–water partition coefficient (Wildman–Crippen LogP) is 2.74. The van der Waals surface area contributed by atoms with Crippen LogP contribution >= 0.6 is 0 Å². The topological polar surface area (TPSA) is 127 Å². The molecular formula is C27H39N7O3S. The molecule has 38 heavy (non-hydrogen) atoms. The monoisotopic (exact) mass is 541 g/mol. The van der Waals surface area contributed by atoms with E-state index in [4.69, 9.17) is 10.5 Å². The molecule has 4 heterocycles. The van der Waals surface area contributed by atoms with E-state index in [1.807, 2.05) is 0 Å². The molecular weight excluding hydrogens is 502 g/mol. The van der Waals surface area contributed by atoms with Crippen molar-refractivity contribution in [3.63, 3.8) is 0 Å². The molecule has 11 heteroatoms. The van der Waals surface area contributed by atoms with Crippen LogP contribution in [0.4, 0.5) is 5.69 Å². The lowest BCUT2D eigenvalue weighted by molar-refractivity contribution is 0.245. The fraction of sp³-hybridized carbons (Fsp3) is 0.556. The molecule has 206 valence electrons. The summed E-state index contributed by atoms with van der Waals surface area (Å²) in [5.41, 5.74) is 11.9. The molecule has 4 N–H and O–H groups in total. The number of benzene rings is 1. The maximum absolute atomic E-state index is 12.9. The fourth-order valence-corrected chi connectivity index (χ4v) is 6.95. The van der Waals surface area contributed by atoms with Gasteiger partial charge in [-0.1, -0.05) is 0 Å². The van der Waals surface area contributed by atoms with Gasteiger partial charge in [0.05, 0.1) is 16.5 Å². The van der Waals surface area contributed by atoms with Crippen molar-refractivity contribution in [1.29, 1.82) is 0 Å². The van der Waals surface area contributed by atoms with Crippen molar-refractivity contribution in [3.05, 3.63) is 46.4 Å². The van der Waals surface area contributed by atoms with Crippen LogP contribution in [0.1, 0.15) is 61.8 Å². The maximum Gasteiger partial charge on any atom is 0.213 e. The van der Waals surface area contributed by atoms with E-state index in [0.717, 1.165) is 30.8 Å². The predicted molar refractivity (Wildman–Crippen MR) is 149 cm³/mol. The van der Waals surface area contributed by atoms with E-state index in [2.05, 4.69) is 52.6 Å². The molecule has 5 rings (SSSR count). The number of likely N-dealkylation sites (tertiary alicyclic amines) is 1. The van der Waals surface area contributed by atoms with E-state index in [1.54, 1.807) is 39.4 Å². The highest BCUT2D eigenvalue weighted by Crippen LogP contribution is 2.45. The van der Waals surface area contributed by atoms with Crippen molar-refractivity contribution in [1.82, 2.24) is 20.0 Å². The second kappa shape index (κ2) is 9.69. The Bertz CT molecular complexity index is 1410. The molecule has 1 saturated heterocycles. The lowest BCUT2D eigenvalue weighted by Gasteiger charge is -2.35. The SMILES string of the molecule is Cc1cc(C2(N)N=CC=C(Nc3cn(C)nc3S(=O)(=O)C(C)C)N2)c2c(c1C1CCCN(C)C1)C[C@@H](C)O2. The first-order chi connectivity index (χ1) is 17.9. The Hall–Kier alpha value is -2.89. The van der Waals surface area contributed by atoms with Crippen LogP contribution in [0.2, 0.25) is 0 Å². The maximum atomic E-state index is 12.9. The van der Waals surface area contributed by atoms with Crippen molar-refractivity contribution in [2.45, 2.75) is 75.0 Å². The number of likely N-dealkylation sites (N-methyl/N-ethyl adjacent to an activating group) is 1. The Labute approximate surface area is 225 Å². The van der Waals surface area contributed by atoms with Gasteiger partial charge in [0.25, 0.3) is 0 Å². The number of aryl methyl sites for hydroxylation is 2. The van der Waals surface area contributed by atoms with Crippen LogP contribution in [-0.4, -0.2) is 60.8 Å². The summed E-state index contributed by atoms with van der Waals surface area (Å²) in [6.07, 6.45) is 8.25. The number of hydrogen-bond acceptors (Lipinski definition) is 9. The molecule has 1 fully saturated rings. The summed E-state index contributed by atoms with van der Waals surface area (Å²) in [5.74, 6) is 0.498. The Kier molecular flexibility index (Phi) is 6.81. The quantitative estimate of drug-likeness (QED) is 0.510. The summed E-state index contributed by atoms with van der Waals surface area (Å²) in [5, 5.41) is 10.1. The van der Waals surface area contributed by atoms with Crippen LogP contribution in [0.5, 0.6) is 5.75 Å². The number of ether oxygens (including phenoxy) is 1. The molecule has 0 aliphatic carbocycles. The van der Waals surface area contributed by atoms with E-state index in [1.165, 1.54) is 34.2 Å². The number of rotatable bonds is 6. The van der Waals surface area contributed by atoms with E-state index in [0.29, 0.717) is 17.4 Å². The van der Waals surface area contributed by atoms with E-state index in [9.17, 15) is 8.42 Å². The highest BCUT2D eigenvalue weighted by Gasteiger charge is 2.39. The molecule has 0 spiro atoms. The van der Waals surface area contributed by atoms with Crippen LogP contribution < -0.4 is 21.1 Å². The van der Waals surface area contributed by atoms with Gasteiger partial charge in [-0.2, -0.15) is 5.10 Å². The number of fused-ring (bicyclic) bond motifs is 1. The van der Waals surface area contributed by atoms with Gasteiger partial charge < -0.3 is 20.3 Å². The minimum atomic E-state index is -3.60. The molecule has 0 saturated carbocycles. The number of allylic oxidation sites excluding steroid dienone is 1. The summed E-state index contributed by atoms with van der Waals surface area (Å²) in [4.78, 5) is 7.03. The molecule has 1 aromatic heterocycles. The number of sulfone groups is 1. The molecule has 3 aliphatic heterocycles. The average Bonchev–Trinajstić information content (AvgIpc) is 3.40. The summed E-state index contributed by atoms with van der Waals surface area (Å²) in [6.45, 7) is 9.69. The normalized spacial score (nSPS) is 25.6. The number of anilines is 1. The number of aliphatic imine (C=N–C) groups is 1. The standard InChI is InChI=1S/C27H39N7O3S/c1-16(2)38(35,36)26-22(15-34(6)32-26)30-23-9-10-29-27(28,31-23)21-12-17(3)24(19-8-7-11-33(5)14-19)20-13-18(4)37-25(20)21/h9-10,12,15-16,18-19,30-31H,7-8,11,13-14,28H2,1-6H3/t18-,19?,27?/m1/s1. The number of nitrogens with two attached hydrogens (primary N) is 1. The lowest BCUT2D eigenvalue weighted by atomic mass is 9.82. The summed E-state index contributed by atoms with van der Waals surface area (Å²) < 4.78 is 33.7. The Balaban J connectivity index is 1.48. The van der Waals surface area contributed by atoms with E-state index in [-0.39, 0.29) is 11.1 Å². The zero-order valence-electron chi connectivity index (χ0n) is 23.1. The third-order valence-corrected chi connectivity index (χ3v) is 9.76. The third kappa shape index (κ3) is 4.71. The van der Waals surface area contributed by atoms with Crippen LogP contribution in [0, 0.1) is 6.92 Å². The van der Waals surface area contributed by atoms with E-state index >= 15 is 0 Å². The van der Waals surface area contributed by atoms with Crippen LogP contribution in [0.15, 0.2) is 34.2 Å². The molecule has 3 aliphatic rings. The smallest absolute Gasteiger partial charge is 0.213 e. The van der Waals surface area contributed by atoms with Crippen LogP contribution in [0.3, 0.4) is 0 Å². The minimum Gasteiger partial charge on any atom is -0.490 e. The molecule has 3 atom stereocenters. The molecule has 2 unspecified atom stereocenters. The van der Waals surface area contributed by atoms with Crippen molar-refractivity contribution >= 4 is 21.7 Å². The number of hydrogen-bond donors (Lipinski definition) is 3. The zero-order valence-corrected chi connectivity index (χ0v) is 23.9. The average molecular weight is 542 g/mol. The zero-order chi connectivity index (χ0) is 27.4. The van der Waals surface area contributed by atoms with Gasteiger partial charge in [-0.05, 0) is 83.3 Å². The number of nitrogens with one attached hydrogen (secondary N) is 2. The molecule has 0 radical (unpaired) electrons. The number of aromatic nitrogens is 2. The van der Waals surface area contributed by atoms with Gasteiger partial charge in [-0.3, -0.25) is 10.4 Å². The second-order valence-electron chi connectivity index (χ2n) is 11.2. The van der Waals surface area contributed by atoms with Gasteiger partial charge in [-0.25, -0.2) is 13.4 Å². The van der Waals surface area contributed by atoms with Gasteiger partial charge in [0, 0.05) is 38.0 Å². The fourth-order valence-electron chi connectivity index (χ4n) is 5.85. The minimum absolute atomic E-state index is 0.00136. The van der Waals surface area contributed by atoms with Crippen molar-refractivity contribution in [3.8, 4) is 5.75 Å². The molecule has 2 aromatic rings. The Morgan fingerprint density at radius 1 is 1.32 bits per heavy atom. The second-order valence-corrected chi connectivity index (χ2v) is 13.6. The Morgan fingerprint density at radius 2 is 2.08 bits per heavy atom. The van der Waals surface area contributed by atoms with Crippen LogP contribution in [0.25, 0.3) is 0 Å². The van der Waals surface area contributed by atoms with Gasteiger partial charge in [0.15, 0.2) is 0 Å². The summed E-state index contributed by atoms with van der Waals surface area (Å²) in [7, 11) is 0.283. The van der Waals surface area contributed by atoms with Crippen molar-refractivity contribution < 1.29 is 13.2 Å². The highest BCUT2D eigenvalue weighted by molar-refractivity contribution is 7.92. The van der Waals surface area contributed by atoms with Gasteiger partial charge in [-0.15, -0.1) is 0 Å². The highest BCUT2D eigenvalue weighted by atomic mass is 32.2. The van der Waals surface area contributed by atoms with Gasteiger partial charge in [0.2, 0.25) is 20.7 Å². The van der Waals surface area contributed by atoms with Crippen LogP contribution in [-0.2, 0) is 29.1 Å². The molecule has 0 amide bonds. The summed E-state index contributed by atoms with van der Waals surface area (Å²) in [6, 6.07) is 2.10. The largest absolute Gasteiger partial charge is 0.490 e. The lowest BCUT2D eigenvalue weighted by Crippen LogP contribution is -2.51. The first-order valence-corrected chi connectivity index (χ1v) is 14.8. The van der Waals surface area contributed by atoms with Gasteiger partial charge >= 0.3 is 0 Å². The number of piperidine rings is 1. The van der Waals surface area contributed by atoms with E-state index < -0.39 is 20.9 Å². The number of nitrogens with zero attached hydrogens (tertiary/aromatic N) is 4. The first kappa shape index (κ1) is 26.7. The van der Waals surface area contributed by atoms with Crippen molar-refractivity contribution in [2.75, 3.05) is 25.5 Å². The first-order valence-electron chi connectivity index (χ1n) is 13.3. The van der Waals surface area contributed by atoms with Crippen molar-refractivity contribution in [2.24, 2.45) is 17.8 Å².